The number of non-ortho nitro benzene ring substituents is 1. The molecule has 1 N–H and O–H groups in total. The van der Waals surface area contributed by atoms with E-state index < -0.39 is 20.9 Å². The Balaban J connectivity index is 1.84. The maximum Gasteiger partial charge on any atom is 0.269 e. The van der Waals surface area contributed by atoms with Crippen LogP contribution in [0.5, 0.6) is 0 Å². The van der Waals surface area contributed by atoms with Crippen LogP contribution in [-0.2, 0) is 10.0 Å². The second-order valence-electron chi connectivity index (χ2n) is 6.00. The van der Waals surface area contributed by atoms with Crippen molar-refractivity contribution >= 4 is 48.3 Å². The number of carbonyl (C=O) groups is 1. The van der Waals surface area contributed by atoms with Crippen molar-refractivity contribution in [1.82, 2.24) is 9.29 Å². The molecule has 0 bridgehead atoms. The monoisotopic (exact) mass is 434 g/mol. The molecule has 29 heavy (non-hydrogen) atoms. The molecule has 152 valence electrons. The van der Waals surface area contributed by atoms with E-state index in [2.05, 4.69) is 10.3 Å². The number of nitrogens with zero attached hydrogens (tertiary/aromatic N) is 3. The fourth-order valence-electron chi connectivity index (χ4n) is 2.74. The van der Waals surface area contributed by atoms with Crippen molar-refractivity contribution in [3.8, 4) is 0 Å². The van der Waals surface area contributed by atoms with Gasteiger partial charge in [0.05, 0.1) is 20.0 Å². The lowest BCUT2D eigenvalue weighted by molar-refractivity contribution is -0.384. The van der Waals surface area contributed by atoms with Gasteiger partial charge in [0.15, 0.2) is 5.13 Å². The number of aromatic nitrogens is 1. The highest BCUT2D eigenvalue weighted by atomic mass is 32.2. The maximum absolute atomic E-state index is 12.7. The number of thiazole rings is 1. The molecule has 2 aromatic carbocycles. The van der Waals surface area contributed by atoms with Crippen LogP contribution in [0.1, 0.15) is 24.2 Å². The minimum Gasteiger partial charge on any atom is -0.298 e. The Labute approximate surface area is 171 Å². The van der Waals surface area contributed by atoms with Gasteiger partial charge in [-0.05, 0) is 30.3 Å². The lowest BCUT2D eigenvalue weighted by Gasteiger charge is -2.18. The lowest BCUT2D eigenvalue weighted by Crippen LogP contribution is -2.30. The van der Waals surface area contributed by atoms with Gasteiger partial charge in [-0.3, -0.25) is 20.2 Å². The summed E-state index contributed by atoms with van der Waals surface area (Å²) in [4.78, 5) is 27.0. The fraction of sp³-hybridized carbons (Fsp3) is 0.222. The molecule has 0 fully saturated rings. The molecule has 1 aromatic heterocycles. The van der Waals surface area contributed by atoms with Gasteiger partial charge in [-0.25, -0.2) is 13.4 Å². The van der Waals surface area contributed by atoms with Crippen molar-refractivity contribution in [2.75, 3.05) is 18.4 Å². The molecule has 9 nitrogen and oxygen atoms in total. The minimum absolute atomic E-state index is 0.108. The normalized spacial score (nSPS) is 11.7. The third kappa shape index (κ3) is 4.26. The Hall–Kier alpha value is -2.89. The fourth-order valence-corrected chi connectivity index (χ4v) is 5.19. The first-order chi connectivity index (χ1) is 13.8. The Kier molecular flexibility index (Phi) is 5.91. The van der Waals surface area contributed by atoms with E-state index in [9.17, 15) is 23.3 Å². The molecule has 0 unspecified atom stereocenters. The predicted octanol–water partition coefficient (Wildman–Crippen LogP) is 3.49. The Morgan fingerprint density at radius 2 is 1.83 bits per heavy atom. The van der Waals surface area contributed by atoms with Gasteiger partial charge in [0.1, 0.15) is 0 Å². The van der Waals surface area contributed by atoms with E-state index in [1.165, 1.54) is 34.6 Å². The van der Waals surface area contributed by atoms with Gasteiger partial charge in [0, 0.05) is 30.8 Å². The van der Waals surface area contributed by atoms with Crippen LogP contribution in [0.25, 0.3) is 10.2 Å². The van der Waals surface area contributed by atoms with Gasteiger partial charge in [0.25, 0.3) is 11.6 Å². The molecule has 0 saturated heterocycles. The summed E-state index contributed by atoms with van der Waals surface area (Å²) in [5.74, 6) is -0.463. The van der Waals surface area contributed by atoms with Crippen LogP contribution in [0.15, 0.2) is 47.4 Å². The van der Waals surface area contributed by atoms with Gasteiger partial charge >= 0.3 is 0 Å². The molecule has 3 aromatic rings. The van der Waals surface area contributed by atoms with Crippen LogP contribution in [0, 0.1) is 10.1 Å². The number of nitrogens with one attached hydrogen (secondary N) is 1. The highest BCUT2D eigenvalue weighted by molar-refractivity contribution is 7.89. The molecule has 0 aliphatic heterocycles. The van der Waals surface area contributed by atoms with Crippen molar-refractivity contribution in [2.45, 2.75) is 18.7 Å². The molecule has 11 heteroatoms. The second-order valence-corrected chi connectivity index (χ2v) is 8.96. The molecule has 3 rings (SSSR count). The van der Waals surface area contributed by atoms with E-state index >= 15 is 0 Å². The molecule has 0 aliphatic carbocycles. The van der Waals surface area contributed by atoms with Crippen LogP contribution < -0.4 is 5.32 Å². The largest absolute Gasteiger partial charge is 0.298 e. The number of anilines is 1. The minimum atomic E-state index is -3.59. The first kappa shape index (κ1) is 20.8. The average Bonchev–Trinajstić information content (AvgIpc) is 3.10. The zero-order chi connectivity index (χ0) is 21.2. The Bertz CT molecular complexity index is 1170. The van der Waals surface area contributed by atoms with Crippen LogP contribution >= 0.6 is 11.3 Å². The van der Waals surface area contributed by atoms with E-state index in [0.717, 1.165) is 11.3 Å². The van der Waals surface area contributed by atoms with Gasteiger partial charge < -0.3 is 0 Å². The van der Waals surface area contributed by atoms with E-state index in [1.54, 1.807) is 26.0 Å². The number of nitro groups is 1. The van der Waals surface area contributed by atoms with Gasteiger partial charge in [-0.15, -0.1) is 0 Å². The molecule has 0 radical (unpaired) electrons. The molecule has 0 aliphatic rings. The number of nitro benzene ring substituents is 1. The summed E-state index contributed by atoms with van der Waals surface area (Å²) in [6.45, 7) is 4.29. The first-order valence-corrected chi connectivity index (χ1v) is 11.0. The van der Waals surface area contributed by atoms with Gasteiger partial charge in [0.2, 0.25) is 10.0 Å². The van der Waals surface area contributed by atoms with E-state index in [0.29, 0.717) is 28.4 Å². The number of amides is 1. The number of fused-ring (bicyclic) bond motifs is 1. The van der Waals surface area contributed by atoms with Crippen molar-refractivity contribution in [3.63, 3.8) is 0 Å². The summed E-state index contributed by atoms with van der Waals surface area (Å²) < 4.78 is 27.3. The molecule has 0 atom stereocenters. The Morgan fingerprint density at radius 3 is 2.41 bits per heavy atom. The molecule has 0 saturated carbocycles. The van der Waals surface area contributed by atoms with Crippen molar-refractivity contribution < 1.29 is 18.1 Å². The number of benzene rings is 2. The van der Waals surface area contributed by atoms with E-state index in [-0.39, 0.29) is 16.1 Å². The summed E-state index contributed by atoms with van der Waals surface area (Å²) in [5, 5.41) is 13.6. The van der Waals surface area contributed by atoms with Crippen LogP contribution in [0.3, 0.4) is 0 Å². The SMILES string of the molecule is CCN(CC)S(=O)(=O)c1ccc2nc(NC(=O)c3ccc([N+](=O)[O-])cc3)sc2c1. The number of rotatable bonds is 7. The number of hydrogen-bond donors (Lipinski definition) is 1. The standard InChI is InChI=1S/C18H18N4O5S2/c1-3-21(4-2)29(26,27)14-9-10-15-16(11-14)28-18(19-15)20-17(23)12-5-7-13(8-6-12)22(24)25/h5-11H,3-4H2,1-2H3,(H,19,20,23). The molecule has 1 amide bonds. The highest BCUT2D eigenvalue weighted by Crippen LogP contribution is 2.29. The molecule has 1 heterocycles. The molecule has 0 spiro atoms. The zero-order valence-electron chi connectivity index (χ0n) is 15.7. The van der Waals surface area contributed by atoms with Gasteiger partial charge in [-0.1, -0.05) is 25.2 Å². The summed E-state index contributed by atoms with van der Waals surface area (Å²) in [6.07, 6.45) is 0. The van der Waals surface area contributed by atoms with Crippen LogP contribution in [0.2, 0.25) is 0 Å². The third-order valence-electron chi connectivity index (χ3n) is 4.26. The smallest absolute Gasteiger partial charge is 0.269 e. The van der Waals surface area contributed by atoms with Crippen molar-refractivity contribution in [2.24, 2.45) is 0 Å². The summed E-state index contributed by atoms with van der Waals surface area (Å²) in [5.41, 5.74) is 0.704. The lowest BCUT2D eigenvalue weighted by atomic mass is 10.2. The van der Waals surface area contributed by atoms with E-state index in [4.69, 9.17) is 0 Å². The van der Waals surface area contributed by atoms with Crippen molar-refractivity contribution in [3.05, 3.63) is 58.1 Å². The quantitative estimate of drug-likeness (QED) is 0.449. The zero-order valence-corrected chi connectivity index (χ0v) is 17.3. The summed E-state index contributed by atoms with van der Waals surface area (Å²) in [6, 6.07) is 9.85. The number of carbonyl (C=O) groups excluding carboxylic acids is 1. The third-order valence-corrected chi connectivity index (χ3v) is 7.24. The number of sulfonamides is 1. The predicted molar refractivity (Wildman–Crippen MR) is 111 cm³/mol. The average molecular weight is 434 g/mol. The maximum atomic E-state index is 12.7. The van der Waals surface area contributed by atoms with Gasteiger partial charge in [-0.2, -0.15) is 4.31 Å². The summed E-state index contributed by atoms with van der Waals surface area (Å²) >= 11 is 1.15. The summed E-state index contributed by atoms with van der Waals surface area (Å²) in [7, 11) is -3.59. The number of hydrogen-bond acceptors (Lipinski definition) is 7. The topological polar surface area (TPSA) is 123 Å². The molecular weight excluding hydrogens is 416 g/mol. The Morgan fingerprint density at radius 1 is 1.17 bits per heavy atom. The van der Waals surface area contributed by atoms with E-state index in [1.807, 2.05) is 0 Å². The van der Waals surface area contributed by atoms with Crippen molar-refractivity contribution in [1.29, 1.82) is 0 Å². The molecular formula is C18H18N4O5S2. The highest BCUT2D eigenvalue weighted by Gasteiger charge is 2.22. The first-order valence-electron chi connectivity index (χ1n) is 8.72. The second kappa shape index (κ2) is 8.23. The van der Waals surface area contributed by atoms with Crippen LogP contribution in [-0.4, -0.2) is 41.6 Å². The van der Waals surface area contributed by atoms with Crippen LogP contribution in [0.4, 0.5) is 10.8 Å².